The van der Waals surface area contributed by atoms with Gasteiger partial charge in [-0.3, -0.25) is 18.6 Å². The summed E-state index contributed by atoms with van der Waals surface area (Å²) >= 11 is 0. The fourth-order valence-electron chi connectivity index (χ4n) is 3.41. The van der Waals surface area contributed by atoms with Gasteiger partial charge in [0.25, 0.3) is 5.56 Å². The molecule has 0 fully saturated rings. The van der Waals surface area contributed by atoms with Gasteiger partial charge in [0.15, 0.2) is 0 Å². The molecule has 0 unspecified atom stereocenters. The van der Waals surface area contributed by atoms with Gasteiger partial charge in [0, 0.05) is 18.2 Å². The number of aromatic amines is 1. The molecule has 9 nitrogen and oxygen atoms in total. The van der Waals surface area contributed by atoms with Gasteiger partial charge in [-0.15, -0.1) is 0 Å². The monoisotopic (exact) mass is 375 g/mol. The van der Waals surface area contributed by atoms with Crippen LogP contribution in [0, 0.1) is 0 Å². The molecule has 134 valence electrons. The van der Waals surface area contributed by atoms with Crippen molar-refractivity contribution in [2.45, 2.75) is 19.0 Å². The first kappa shape index (κ1) is 16.7. The molecule has 26 heavy (non-hydrogen) atoms. The van der Waals surface area contributed by atoms with Crippen molar-refractivity contribution in [3.8, 4) is 11.3 Å². The highest BCUT2D eigenvalue weighted by atomic mass is 31.2. The average Bonchev–Trinajstić information content (AvgIpc) is 3.08. The molecule has 10 heteroatoms. The van der Waals surface area contributed by atoms with Crippen molar-refractivity contribution in [3.05, 3.63) is 57.3 Å². The average molecular weight is 375 g/mol. The second-order valence-corrected chi connectivity index (χ2v) is 7.86. The maximum absolute atomic E-state index is 12.4. The molecule has 1 aliphatic carbocycles. The van der Waals surface area contributed by atoms with Crippen molar-refractivity contribution in [2.75, 3.05) is 0 Å². The van der Waals surface area contributed by atoms with Gasteiger partial charge in [-0.25, -0.2) is 4.98 Å². The van der Waals surface area contributed by atoms with E-state index in [2.05, 4.69) is 9.97 Å². The number of fused-ring (bicyclic) bond motifs is 5. The van der Waals surface area contributed by atoms with E-state index in [0.717, 1.165) is 11.1 Å². The molecule has 2 aromatic heterocycles. The first-order valence-electron chi connectivity index (χ1n) is 7.73. The molecule has 0 amide bonds. The Labute approximate surface area is 146 Å². The van der Waals surface area contributed by atoms with Crippen LogP contribution in [-0.4, -0.2) is 35.2 Å². The summed E-state index contributed by atoms with van der Waals surface area (Å²) in [6, 6.07) is 5.28. The molecule has 0 bridgehead atoms. The maximum atomic E-state index is 12.4. The van der Waals surface area contributed by atoms with Crippen LogP contribution in [0.15, 0.2) is 29.2 Å². The van der Waals surface area contributed by atoms with E-state index in [0.29, 0.717) is 23.4 Å². The molecular formula is C16H14N3O6P. The molecule has 0 radical (unpaired) electrons. The second kappa shape index (κ2) is 5.63. The number of benzene rings is 1. The molecule has 3 aromatic rings. The van der Waals surface area contributed by atoms with Crippen LogP contribution in [0.25, 0.3) is 16.9 Å². The smallest absolute Gasteiger partial charge is 0.331 e. The van der Waals surface area contributed by atoms with Gasteiger partial charge in [-0.2, -0.15) is 0 Å². The summed E-state index contributed by atoms with van der Waals surface area (Å²) in [5.41, 5.74) is 3.22. The summed E-state index contributed by atoms with van der Waals surface area (Å²) in [5.74, 6) is -0.945. The third-order valence-corrected chi connectivity index (χ3v) is 5.11. The molecular weight excluding hydrogens is 361 g/mol. The number of nitrogens with one attached hydrogen (secondary N) is 1. The SMILES string of the molecule is O=C(O)Cc1cccc2c1Cc1c-2[nH]c(=O)c2nc(CP(=O)(O)O)cn12. The minimum Gasteiger partial charge on any atom is -0.481 e. The molecule has 0 spiro atoms. The number of H-pyrrole nitrogens is 1. The Hall–Kier alpha value is -2.74. The summed E-state index contributed by atoms with van der Waals surface area (Å²) < 4.78 is 12.8. The van der Waals surface area contributed by atoms with Crippen molar-refractivity contribution in [3.63, 3.8) is 0 Å². The lowest BCUT2D eigenvalue weighted by Crippen LogP contribution is -2.13. The first-order valence-corrected chi connectivity index (χ1v) is 9.53. The van der Waals surface area contributed by atoms with E-state index >= 15 is 0 Å². The van der Waals surface area contributed by atoms with Crippen LogP contribution >= 0.6 is 7.60 Å². The summed E-state index contributed by atoms with van der Waals surface area (Å²) in [6.45, 7) is 0. The lowest BCUT2D eigenvalue weighted by atomic mass is 10.0. The van der Waals surface area contributed by atoms with Crippen molar-refractivity contribution < 1.29 is 24.3 Å². The highest BCUT2D eigenvalue weighted by Gasteiger charge is 2.27. The molecule has 4 rings (SSSR count). The Morgan fingerprint density at radius 3 is 2.81 bits per heavy atom. The number of aromatic nitrogens is 3. The third-order valence-electron chi connectivity index (χ3n) is 4.37. The molecule has 0 aliphatic heterocycles. The summed E-state index contributed by atoms with van der Waals surface area (Å²) in [4.78, 5) is 48.5. The molecule has 1 aliphatic rings. The van der Waals surface area contributed by atoms with Gasteiger partial charge in [0.1, 0.15) is 0 Å². The number of carboxylic acid groups (broad SMARTS) is 1. The standard InChI is InChI=1S/C16H14N3O6P/c20-13(21)4-8-2-1-3-10-11(8)5-12-14(10)18-16(22)15-17-9(6-19(12)15)7-26(23,24)25/h1-3,6H,4-5,7H2,(H,18,22)(H,20,21)(H2,23,24,25). The van der Waals surface area contributed by atoms with E-state index in [-0.39, 0.29) is 17.8 Å². The lowest BCUT2D eigenvalue weighted by molar-refractivity contribution is -0.136. The molecule has 1 aromatic carbocycles. The van der Waals surface area contributed by atoms with Crippen molar-refractivity contribution in [2.24, 2.45) is 0 Å². The van der Waals surface area contributed by atoms with Crippen molar-refractivity contribution in [1.29, 1.82) is 0 Å². The van der Waals surface area contributed by atoms with Crippen LogP contribution < -0.4 is 5.56 Å². The topological polar surface area (TPSA) is 145 Å². The molecule has 0 saturated carbocycles. The fraction of sp³-hybridized carbons (Fsp3) is 0.188. The van der Waals surface area contributed by atoms with Gasteiger partial charge in [0.05, 0.1) is 29.7 Å². The third kappa shape index (κ3) is 2.76. The zero-order valence-corrected chi connectivity index (χ0v) is 14.2. The summed E-state index contributed by atoms with van der Waals surface area (Å²) in [6.07, 6.45) is 1.16. The predicted molar refractivity (Wildman–Crippen MR) is 91.1 cm³/mol. The van der Waals surface area contributed by atoms with Gasteiger partial charge >= 0.3 is 13.6 Å². The second-order valence-electron chi connectivity index (χ2n) is 6.22. The van der Waals surface area contributed by atoms with Gasteiger partial charge in [-0.05, 0) is 11.1 Å². The number of aliphatic carboxylic acids is 1. The Kier molecular flexibility index (Phi) is 3.62. The fourth-order valence-corrected chi connectivity index (χ4v) is 3.99. The Morgan fingerprint density at radius 2 is 2.12 bits per heavy atom. The molecule has 2 heterocycles. The van der Waals surface area contributed by atoms with E-state index in [1.165, 1.54) is 10.6 Å². The number of imidazole rings is 1. The number of carbonyl (C=O) groups is 1. The molecule has 0 saturated heterocycles. The normalized spacial score (nSPS) is 13.0. The minimum absolute atomic E-state index is 0.0554. The number of nitrogens with zero attached hydrogens (tertiary/aromatic N) is 2. The van der Waals surface area contributed by atoms with E-state index in [9.17, 15) is 14.2 Å². The van der Waals surface area contributed by atoms with E-state index in [1.807, 2.05) is 6.07 Å². The summed E-state index contributed by atoms with van der Waals surface area (Å²) in [7, 11) is -4.31. The van der Waals surface area contributed by atoms with Crippen molar-refractivity contribution >= 4 is 19.2 Å². The van der Waals surface area contributed by atoms with Gasteiger partial charge < -0.3 is 19.9 Å². The Balaban J connectivity index is 1.90. The van der Waals surface area contributed by atoms with Crippen LogP contribution in [0.3, 0.4) is 0 Å². The minimum atomic E-state index is -4.31. The van der Waals surface area contributed by atoms with Crippen LogP contribution in [0.4, 0.5) is 0 Å². The van der Waals surface area contributed by atoms with Crippen LogP contribution in [0.5, 0.6) is 0 Å². The largest absolute Gasteiger partial charge is 0.481 e. The van der Waals surface area contributed by atoms with Gasteiger partial charge in [0.2, 0.25) is 5.65 Å². The lowest BCUT2D eigenvalue weighted by Gasteiger charge is -2.05. The highest BCUT2D eigenvalue weighted by molar-refractivity contribution is 7.50. The zero-order valence-electron chi connectivity index (χ0n) is 13.3. The molecule has 4 N–H and O–H groups in total. The maximum Gasteiger partial charge on any atom is 0.331 e. The Bertz CT molecular complexity index is 1170. The van der Waals surface area contributed by atoms with E-state index in [1.54, 1.807) is 12.1 Å². The predicted octanol–water partition coefficient (Wildman–Crippen LogP) is 0.899. The number of rotatable bonds is 4. The quantitative estimate of drug-likeness (QED) is 0.388. The van der Waals surface area contributed by atoms with Crippen molar-refractivity contribution in [1.82, 2.24) is 14.4 Å². The molecule has 0 atom stereocenters. The number of carboxylic acids is 1. The highest BCUT2D eigenvalue weighted by Crippen LogP contribution is 2.40. The van der Waals surface area contributed by atoms with Crippen LogP contribution in [0.2, 0.25) is 0 Å². The van der Waals surface area contributed by atoms with E-state index in [4.69, 9.17) is 14.9 Å². The first-order chi connectivity index (χ1) is 12.2. The van der Waals surface area contributed by atoms with Gasteiger partial charge in [-0.1, -0.05) is 18.2 Å². The summed E-state index contributed by atoms with van der Waals surface area (Å²) in [5, 5.41) is 9.10. The number of hydrogen-bond acceptors (Lipinski definition) is 4. The zero-order chi connectivity index (χ0) is 18.6. The Morgan fingerprint density at radius 1 is 1.35 bits per heavy atom. The van der Waals surface area contributed by atoms with E-state index < -0.39 is 25.3 Å². The van der Waals surface area contributed by atoms with Crippen LogP contribution in [0.1, 0.15) is 22.5 Å². The number of hydrogen-bond donors (Lipinski definition) is 4. The van der Waals surface area contributed by atoms with Crippen LogP contribution in [-0.2, 0) is 28.4 Å².